The van der Waals surface area contributed by atoms with Gasteiger partial charge in [0, 0.05) is 12.0 Å². The second-order valence-electron chi connectivity index (χ2n) is 3.01. The van der Waals surface area contributed by atoms with Crippen LogP contribution in [0.1, 0.15) is 0 Å². The Hall–Kier alpha value is -1.26. The highest BCUT2D eigenvalue weighted by molar-refractivity contribution is 7.99. The van der Waals surface area contributed by atoms with Gasteiger partial charge in [0.05, 0.1) is 17.6 Å². The molecule has 4 heteroatoms. The summed E-state index contributed by atoms with van der Waals surface area (Å²) in [6.45, 7) is 3.93. The van der Waals surface area contributed by atoms with Crippen LogP contribution in [0.25, 0.3) is 17.2 Å². The minimum Gasteiger partial charge on any atom is -0.396 e. The molecule has 0 amide bonds. The molecule has 78 valence electrons. The molecule has 15 heavy (non-hydrogen) atoms. The first-order valence-corrected chi connectivity index (χ1v) is 5.68. The molecule has 0 aliphatic rings. The van der Waals surface area contributed by atoms with E-state index in [1.165, 1.54) is 11.8 Å². The van der Waals surface area contributed by atoms with Crippen molar-refractivity contribution in [3.8, 4) is 0 Å². The number of para-hydroxylation sites is 2. The summed E-state index contributed by atoms with van der Waals surface area (Å²) in [6, 6.07) is 7.92. The van der Waals surface area contributed by atoms with E-state index < -0.39 is 0 Å². The van der Waals surface area contributed by atoms with E-state index in [0.29, 0.717) is 5.75 Å². The van der Waals surface area contributed by atoms with Crippen molar-refractivity contribution in [2.45, 2.75) is 5.16 Å². The van der Waals surface area contributed by atoms with Crippen LogP contribution in [0.4, 0.5) is 0 Å². The molecular weight excluding hydrogens is 208 g/mol. The molecule has 1 N–H and O–H groups in total. The van der Waals surface area contributed by atoms with Crippen LogP contribution in [-0.2, 0) is 0 Å². The quantitative estimate of drug-likeness (QED) is 0.803. The number of imidazole rings is 1. The topological polar surface area (TPSA) is 38.0 Å². The van der Waals surface area contributed by atoms with Crippen molar-refractivity contribution in [1.82, 2.24) is 9.55 Å². The van der Waals surface area contributed by atoms with Crippen LogP contribution < -0.4 is 0 Å². The Morgan fingerprint density at radius 3 is 3.00 bits per heavy atom. The third-order valence-electron chi connectivity index (χ3n) is 2.07. The highest BCUT2D eigenvalue weighted by Gasteiger charge is 2.07. The van der Waals surface area contributed by atoms with Gasteiger partial charge in [0.15, 0.2) is 5.16 Å². The number of nitrogens with zero attached hydrogens (tertiary/aromatic N) is 2. The van der Waals surface area contributed by atoms with Crippen LogP contribution in [0.5, 0.6) is 0 Å². The lowest BCUT2D eigenvalue weighted by molar-refractivity contribution is 0.322. The van der Waals surface area contributed by atoms with Gasteiger partial charge in [-0.3, -0.25) is 4.57 Å². The molecular formula is C11H12N2OS. The predicted molar refractivity (Wildman–Crippen MR) is 63.9 cm³/mol. The van der Waals surface area contributed by atoms with Gasteiger partial charge in [-0.1, -0.05) is 30.5 Å². The lowest BCUT2D eigenvalue weighted by Gasteiger charge is -2.00. The van der Waals surface area contributed by atoms with Gasteiger partial charge in [0.25, 0.3) is 0 Å². The average Bonchev–Trinajstić information content (AvgIpc) is 2.63. The van der Waals surface area contributed by atoms with E-state index in [2.05, 4.69) is 11.6 Å². The number of fused-ring (bicyclic) bond motifs is 1. The fourth-order valence-corrected chi connectivity index (χ4v) is 2.19. The highest BCUT2D eigenvalue weighted by Crippen LogP contribution is 2.23. The number of hydrogen-bond acceptors (Lipinski definition) is 3. The fourth-order valence-electron chi connectivity index (χ4n) is 1.44. The zero-order valence-electron chi connectivity index (χ0n) is 8.26. The van der Waals surface area contributed by atoms with Crippen LogP contribution in [0.2, 0.25) is 0 Å². The molecule has 1 heterocycles. The Kier molecular flexibility index (Phi) is 3.08. The van der Waals surface area contributed by atoms with Gasteiger partial charge in [-0.05, 0) is 12.1 Å². The standard InChI is InChI=1S/C11H12N2OS/c1-2-13-10-6-4-3-5-9(10)12-11(13)15-8-7-14/h2-6,14H,1,7-8H2. The monoisotopic (exact) mass is 220 g/mol. The van der Waals surface area contributed by atoms with E-state index >= 15 is 0 Å². The Morgan fingerprint density at radius 1 is 1.47 bits per heavy atom. The summed E-state index contributed by atoms with van der Waals surface area (Å²) in [5.41, 5.74) is 2.01. The van der Waals surface area contributed by atoms with Gasteiger partial charge >= 0.3 is 0 Å². The van der Waals surface area contributed by atoms with Gasteiger partial charge in [-0.2, -0.15) is 0 Å². The molecule has 0 radical (unpaired) electrons. The zero-order chi connectivity index (χ0) is 10.7. The fraction of sp³-hybridized carbons (Fsp3) is 0.182. The van der Waals surface area contributed by atoms with E-state index in [-0.39, 0.29) is 6.61 Å². The Morgan fingerprint density at radius 2 is 2.27 bits per heavy atom. The number of aliphatic hydroxyl groups is 1. The first kappa shape index (κ1) is 10.3. The van der Waals surface area contributed by atoms with E-state index in [9.17, 15) is 0 Å². The molecule has 1 aromatic heterocycles. The van der Waals surface area contributed by atoms with E-state index in [1.807, 2.05) is 28.8 Å². The van der Waals surface area contributed by atoms with Gasteiger partial charge in [0.2, 0.25) is 0 Å². The number of thioether (sulfide) groups is 1. The molecule has 0 fully saturated rings. The molecule has 0 saturated heterocycles. The minimum absolute atomic E-state index is 0.158. The lowest BCUT2D eigenvalue weighted by atomic mass is 10.3. The van der Waals surface area contributed by atoms with Crippen LogP contribution in [0.15, 0.2) is 36.0 Å². The number of benzene rings is 1. The van der Waals surface area contributed by atoms with Crippen LogP contribution in [0.3, 0.4) is 0 Å². The third-order valence-corrected chi connectivity index (χ3v) is 3.00. The van der Waals surface area contributed by atoms with Crippen molar-refractivity contribution < 1.29 is 5.11 Å². The first-order chi connectivity index (χ1) is 7.36. The van der Waals surface area contributed by atoms with Crippen molar-refractivity contribution in [1.29, 1.82) is 0 Å². The molecule has 1 aromatic carbocycles. The molecule has 0 aliphatic heterocycles. The van der Waals surface area contributed by atoms with Gasteiger partial charge in [-0.15, -0.1) is 0 Å². The summed E-state index contributed by atoms with van der Waals surface area (Å²) in [4.78, 5) is 4.46. The Bertz CT molecular complexity index is 478. The SMILES string of the molecule is C=Cn1c(SCCO)nc2ccccc21. The molecule has 0 atom stereocenters. The second-order valence-corrected chi connectivity index (χ2v) is 4.07. The van der Waals surface area contributed by atoms with Crippen LogP contribution in [-0.4, -0.2) is 27.0 Å². The molecule has 2 rings (SSSR count). The lowest BCUT2D eigenvalue weighted by Crippen LogP contribution is -1.92. The van der Waals surface area contributed by atoms with Crippen LogP contribution >= 0.6 is 11.8 Å². The van der Waals surface area contributed by atoms with E-state index in [1.54, 1.807) is 6.20 Å². The first-order valence-electron chi connectivity index (χ1n) is 4.70. The van der Waals surface area contributed by atoms with Crippen molar-refractivity contribution in [3.05, 3.63) is 30.8 Å². The highest BCUT2D eigenvalue weighted by atomic mass is 32.2. The molecule has 0 saturated carbocycles. The van der Waals surface area contributed by atoms with Crippen molar-refractivity contribution in [3.63, 3.8) is 0 Å². The second kappa shape index (κ2) is 4.51. The Labute approximate surface area is 92.4 Å². The summed E-state index contributed by atoms with van der Waals surface area (Å²) in [5, 5.41) is 9.66. The third kappa shape index (κ3) is 1.91. The number of aromatic nitrogens is 2. The molecule has 0 spiro atoms. The van der Waals surface area contributed by atoms with Gasteiger partial charge in [0.1, 0.15) is 0 Å². The molecule has 2 aromatic rings. The zero-order valence-corrected chi connectivity index (χ0v) is 9.07. The van der Waals surface area contributed by atoms with Crippen molar-refractivity contribution in [2.24, 2.45) is 0 Å². The van der Waals surface area contributed by atoms with E-state index in [4.69, 9.17) is 5.11 Å². The summed E-state index contributed by atoms with van der Waals surface area (Å²) in [7, 11) is 0. The molecule has 0 unspecified atom stereocenters. The molecule has 0 aliphatic carbocycles. The number of hydrogen-bond donors (Lipinski definition) is 1. The van der Waals surface area contributed by atoms with Crippen molar-refractivity contribution in [2.75, 3.05) is 12.4 Å². The number of rotatable bonds is 4. The van der Waals surface area contributed by atoms with E-state index in [0.717, 1.165) is 16.2 Å². The maximum Gasteiger partial charge on any atom is 0.173 e. The smallest absolute Gasteiger partial charge is 0.173 e. The van der Waals surface area contributed by atoms with Gasteiger partial charge < -0.3 is 5.11 Å². The summed E-state index contributed by atoms with van der Waals surface area (Å²) in [6.07, 6.45) is 1.75. The Balaban J connectivity index is 2.49. The molecule has 0 bridgehead atoms. The minimum atomic E-state index is 0.158. The summed E-state index contributed by atoms with van der Waals surface area (Å²) >= 11 is 1.53. The summed E-state index contributed by atoms with van der Waals surface area (Å²) in [5.74, 6) is 0.650. The largest absolute Gasteiger partial charge is 0.396 e. The maximum atomic E-state index is 8.78. The molecule has 3 nitrogen and oxygen atoms in total. The van der Waals surface area contributed by atoms with Crippen LogP contribution in [0, 0.1) is 0 Å². The maximum absolute atomic E-state index is 8.78. The average molecular weight is 220 g/mol. The number of aliphatic hydroxyl groups excluding tert-OH is 1. The van der Waals surface area contributed by atoms with Gasteiger partial charge in [-0.25, -0.2) is 4.98 Å². The van der Waals surface area contributed by atoms with Crippen molar-refractivity contribution >= 4 is 29.0 Å². The predicted octanol–water partition coefficient (Wildman–Crippen LogP) is 2.22. The normalized spacial score (nSPS) is 10.7. The summed E-state index contributed by atoms with van der Waals surface area (Å²) < 4.78 is 1.94.